The average molecular weight is 194 g/mol. The molecule has 0 aromatic carbocycles. The van der Waals surface area contributed by atoms with E-state index in [2.05, 4.69) is 23.8 Å². The molecule has 0 aliphatic rings. The number of aryl methyl sites for hydroxylation is 1. The van der Waals surface area contributed by atoms with Gasteiger partial charge in [0.15, 0.2) is 0 Å². The van der Waals surface area contributed by atoms with Gasteiger partial charge in [0.1, 0.15) is 5.82 Å². The van der Waals surface area contributed by atoms with Gasteiger partial charge in [-0.2, -0.15) is 0 Å². The Hall–Kier alpha value is -0.960. The molecule has 1 aromatic rings. The van der Waals surface area contributed by atoms with Gasteiger partial charge >= 0.3 is 0 Å². The Kier molecular flexibility index (Phi) is 3.21. The summed E-state index contributed by atoms with van der Waals surface area (Å²) in [5.41, 5.74) is -0.0289. The summed E-state index contributed by atoms with van der Waals surface area (Å²) in [6.45, 7) is 7.81. The third-order valence-electron chi connectivity index (χ3n) is 2.21. The second-order valence-electron chi connectivity index (χ2n) is 4.39. The summed E-state index contributed by atoms with van der Waals surface area (Å²) < 4.78 is 0. The van der Waals surface area contributed by atoms with Crippen LogP contribution in [0.15, 0.2) is 12.4 Å². The van der Waals surface area contributed by atoms with Crippen LogP contribution in [-0.2, 0) is 5.60 Å². The largest absolute Gasteiger partial charge is 0.385 e. The highest BCUT2D eigenvalue weighted by molar-refractivity contribution is 5.14. The maximum atomic E-state index is 10.2. The van der Waals surface area contributed by atoms with Crippen LogP contribution in [0.1, 0.15) is 38.6 Å². The molecule has 3 heteroatoms. The summed E-state index contributed by atoms with van der Waals surface area (Å²) in [6, 6.07) is 0. The van der Waals surface area contributed by atoms with E-state index in [4.69, 9.17) is 0 Å². The number of hydrogen-bond donors (Lipinski definition) is 1. The van der Waals surface area contributed by atoms with E-state index >= 15 is 0 Å². The summed E-state index contributed by atoms with van der Waals surface area (Å²) in [5, 5.41) is 10.2. The zero-order valence-corrected chi connectivity index (χ0v) is 9.28. The van der Waals surface area contributed by atoms with Gasteiger partial charge in [0, 0.05) is 18.0 Å². The lowest BCUT2D eigenvalue weighted by Gasteiger charge is -2.25. The number of nitrogens with zero attached hydrogens (tertiary/aromatic N) is 2. The standard InChI is InChI=1S/C11H18N2O/c1-8(2)5-11(4,14)10-6-12-9(3)13-7-10/h6-8,14H,5H2,1-4H3. The van der Waals surface area contributed by atoms with Gasteiger partial charge < -0.3 is 5.11 Å². The van der Waals surface area contributed by atoms with Crippen molar-refractivity contribution in [1.82, 2.24) is 9.97 Å². The Labute approximate surface area is 85.2 Å². The van der Waals surface area contributed by atoms with Crippen molar-refractivity contribution in [3.8, 4) is 0 Å². The van der Waals surface area contributed by atoms with Gasteiger partial charge in [0.25, 0.3) is 0 Å². The first-order chi connectivity index (χ1) is 6.42. The molecule has 1 rings (SSSR count). The molecule has 0 saturated carbocycles. The number of aromatic nitrogens is 2. The SMILES string of the molecule is Cc1ncc(C(C)(O)CC(C)C)cn1. The quantitative estimate of drug-likeness (QED) is 0.801. The molecular formula is C11H18N2O. The van der Waals surface area contributed by atoms with Crippen molar-refractivity contribution >= 4 is 0 Å². The van der Waals surface area contributed by atoms with Crippen LogP contribution >= 0.6 is 0 Å². The predicted octanol–water partition coefficient (Wildman–Crippen LogP) is 2.04. The van der Waals surface area contributed by atoms with Crippen LogP contribution in [0, 0.1) is 12.8 Å². The van der Waals surface area contributed by atoms with Crippen molar-refractivity contribution in [3.05, 3.63) is 23.8 Å². The molecule has 0 spiro atoms. The Morgan fingerprint density at radius 1 is 1.36 bits per heavy atom. The van der Waals surface area contributed by atoms with Crippen LogP contribution in [-0.4, -0.2) is 15.1 Å². The minimum absolute atomic E-state index is 0.450. The molecule has 1 atom stereocenters. The highest BCUT2D eigenvalue weighted by atomic mass is 16.3. The first-order valence-electron chi connectivity index (χ1n) is 4.93. The highest BCUT2D eigenvalue weighted by Gasteiger charge is 2.24. The van der Waals surface area contributed by atoms with Gasteiger partial charge in [-0.3, -0.25) is 0 Å². The first kappa shape index (κ1) is 11.1. The molecule has 14 heavy (non-hydrogen) atoms. The Morgan fingerprint density at radius 2 is 1.86 bits per heavy atom. The van der Waals surface area contributed by atoms with Crippen molar-refractivity contribution in [2.75, 3.05) is 0 Å². The Bertz CT molecular complexity index is 291. The van der Waals surface area contributed by atoms with Crippen molar-refractivity contribution in [2.24, 2.45) is 5.92 Å². The lowest BCUT2D eigenvalue weighted by molar-refractivity contribution is 0.0341. The molecule has 1 N–H and O–H groups in total. The van der Waals surface area contributed by atoms with Gasteiger partial charge in [-0.15, -0.1) is 0 Å². The summed E-state index contributed by atoms with van der Waals surface area (Å²) in [7, 11) is 0. The molecular weight excluding hydrogens is 176 g/mol. The van der Waals surface area contributed by atoms with Gasteiger partial charge in [0.2, 0.25) is 0 Å². The zero-order valence-electron chi connectivity index (χ0n) is 9.28. The normalized spacial score (nSPS) is 15.6. The van der Waals surface area contributed by atoms with Crippen molar-refractivity contribution in [2.45, 2.75) is 39.7 Å². The minimum atomic E-state index is -0.818. The highest BCUT2D eigenvalue weighted by Crippen LogP contribution is 2.26. The molecule has 0 aliphatic heterocycles. The minimum Gasteiger partial charge on any atom is -0.385 e. The molecule has 0 bridgehead atoms. The predicted molar refractivity (Wildman–Crippen MR) is 55.8 cm³/mol. The molecule has 0 radical (unpaired) electrons. The molecule has 1 aromatic heterocycles. The summed E-state index contributed by atoms with van der Waals surface area (Å²) in [6.07, 6.45) is 4.12. The maximum Gasteiger partial charge on any atom is 0.125 e. The Morgan fingerprint density at radius 3 is 2.29 bits per heavy atom. The third kappa shape index (κ3) is 2.77. The smallest absolute Gasteiger partial charge is 0.125 e. The molecule has 1 heterocycles. The fourth-order valence-electron chi connectivity index (χ4n) is 1.58. The van der Waals surface area contributed by atoms with E-state index in [1.165, 1.54) is 0 Å². The molecule has 0 aliphatic carbocycles. The molecule has 0 amide bonds. The zero-order chi connectivity index (χ0) is 10.8. The number of aliphatic hydroxyl groups is 1. The summed E-state index contributed by atoms with van der Waals surface area (Å²) in [4.78, 5) is 8.16. The van der Waals surface area contributed by atoms with Crippen LogP contribution in [0.4, 0.5) is 0 Å². The molecule has 0 fully saturated rings. The van der Waals surface area contributed by atoms with E-state index in [1.807, 2.05) is 6.92 Å². The third-order valence-corrected chi connectivity index (χ3v) is 2.21. The fraction of sp³-hybridized carbons (Fsp3) is 0.636. The lowest BCUT2D eigenvalue weighted by Crippen LogP contribution is -2.23. The first-order valence-corrected chi connectivity index (χ1v) is 4.93. The van der Waals surface area contributed by atoms with Crippen molar-refractivity contribution in [3.63, 3.8) is 0 Å². The summed E-state index contributed by atoms with van der Waals surface area (Å²) in [5.74, 6) is 1.18. The van der Waals surface area contributed by atoms with Crippen LogP contribution in [0.2, 0.25) is 0 Å². The van der Waals surface area contributed by atoms with E-state index in [-0.39, 0.29) is 0 Å². The van der Waals surface area contributed by atoms with E-state index in [0.29, 0.717) is 5.92 Å². The van der Waals surface area contributed by atoms with Gasteiger partial charge in [-0.05, 0) is 26.2 Å². The summed E-state index contributed by atoms with van der Waals surface area (Å²) >= 11 is 0. The second-order valence-corrected chi connectivity index (χ2v) is 4.39. The van der Waals surface area contributed by atoms with Crippen molar-refractivity contribution < 1.29 is 5.11 Å². The molecule has 78 valence electrons. The monoisotopic (exact) mass is 194 g/mol. The van der Waals surface area contributed by atoms with Crippen LogP contribution < -0.4 is 0 Å². The van der Waals surface area contributed by atoms with Crippen molar-refractivity contribution in [1.29, 1.82) is 0 Å². The van der Waals surface area contributed by atoms with Gasteiger partial charge in [-0.1, -0.05) is 13.8 Å². The molecule has 0 saturated heterocycles. The van der Waals surface area contributed by atoms with E-state index in [9.17, 15) is 5.11 Å². The van der Waals surface area contributed by atoms with Crippen LogP contribution in [0.5, 0.6) is 0 Å². The number of rotatable bonds is 3. The topological polar surface area (TPSA) is 46.0 Å². The van der Waals surface area contributed by atoms with E-state index in [0.717, 1.165) is 17.8 Å². The average Bonchev–Trinajstić information content (AvgIpc) is 2.02. The molecule has 3 nitrogen and oxygen atoms in total. The van der Waals surface area contributed by atoms with Crippen LogP contribution in [0.3, 0.4) is 0 Å². The van der Waals surface area contributed by atoms with Gasteiger partial charge in [0.05, 0.1) is 5.60 Å². The van der Waals surface area contributed by atoms with E-state index < -0.39 is 5.60 Å². The Balaban J connectivity index is 2.86. The second kappa shape index (κ2) is 4.05. The fourth-order valence-corrected chi connectivity index (χ4v) is 1.58. The van der Waals surface area contributed by atoms with E-state index in [1.54, 1.807) is 19.3 Å². The lowest BCUT2D eigenvalue weighted by atomic mass is 9.89. The number of hydrogen-bond acceptors (Lipinski definition) is 3. The van der Waals surface area contributed by atoms with Gasteiger partial charge in [-0.25, -0.2) is 9.97 Å². The van der Waals surface area contributed by atoms with Crippen LogP contribution in [0.25, 0.3) is 0 Å². The molecule has 1 unspecified atom stereocenters. The maximum absolute atomic E-state index is 10.2.